The molecule has 22 heavy (non-hydrogen) atoms. The maximum Gasteiger partial charge on any atom is 0.227 e. The number of allylic oxidation sites excluding steroid dienone is 2. The van der Waals surface area contributed by atoms with Crippen LogP contribution in [0.25, 0.3) is 22.6 Å². The van der Waals surface area contributed by atoms with E-state index in [1.165, 1.54) is 5.56 Å². The van der Waals surface area contributed by atoms with Crippen molar-refractivity contribution in [2.45, 2.75) is 12.0 Å². The molecule has 2 heterocycles. The fraction of sp³-hybridized carbons (Fsp3) is 0.105. The molecule has 0 spiro atoms. The fourth-order valence-electron chi connectivity index (χ4n) is 3.32. The van der Waals surface area contributed by atoms with Gasteiger partial charge in [0.15, 0.2) is 5.58 Å². The Labute approximate surface area is 128 Å². The Hall–Kier alpha value is -2.81. The van der Waals surface area contributed by atoms with Crippen LogP contribution in [-0.2, 0) is 0 Å². The summed E-state index contributed by atoms with van der Waals surface area (Å²) in [4.78, 5) is 4.66. The largest absolute Gasteiger partial charge is 0.436 e. The number of benzene rings is 2. The van der Waals surface area contributed by atoms with E-state index >= 15 is 0 Å². The fourth-order valence-corrected chi connectivity index (χ4v) is 3.32. The molecule has 3 nitrogen and oxygen atoms in total. The summed E-state index contributed by atoms with van der Waals surface area (Å²) in [5, 5.41) is 3.55. The summed E-state index contributed by atoms with van der Waals surface area (Å²) < 4.78 is 5.95. The molecule has 0 amide bonds. The maximum atomic E-state index is 5.95. The molecule has 106 valence electrons. The summed E-state index contributed by atoms with van der Waals surface area (Å²) in [5.74, 6) is 1.07. The molecule has 1 aromatic heterocycles. The van der Waals surface area contributed by atoms with E-state index in [0.717, 1.165) is 22.4 Å². The second-order valence-electron chi connectivity index (χ2n) is 5.76. The number of nitrogens with one attached hydrogen (secondary N) is 1. The minimum atomic E-state index is 0.347. The summed E-state index contributed by atoms with van der Waals surface area (Å²) in [6.07, 6.45) is 8.65. The minimum absolute atomic E-state index is 0.347. The van der Waals surface area contributed by atoms with E-state index in [2.05, 4.69) is 46.7 Å². The Bertz CT molecular complexity index is 921. The Morgan fingerprint density at radius 3 is 2.77 bits per heavy atom. The predicted molar refractivity (Wildman–Crippen MR) is 87.9 cm³/mol. The van der Waals surface area contributed by atoms with Gasteiger partial charge >= 0.3 is 0 Å². The predicted octanol–water partition coefficient (Wildman–Crippen LogP) is 4.50. The number of nitrogens with zero attached hydrogens (tertiary/aromatic N) is 1. The van der Waals surface area contributed by atoms with Crippen LogP contribution in [0, 0.1) is 0 Å². The van der Waals surface area contributed by atoms with Gasteiger partial charge in [0.2, 0.25) is 5.89 Å². The summed E-state index contributed by atoms with van der Waals surface area (Å²) in [6.45, 7) is 0. The van der Waals surface area contributed by atoms with Crippen molar-refractivity contribution in [1.29, 1.82) is 0 Å². The summed E-state index contributed by atoms with van der Waals surface area (Å²) in [7, 11) is 0. The molecule has 0 radical (unpaired) electrons. The third kappa shape index (κ3) is 1.65. The first-order chi connectivity index (χ1) is 10.9. The number of hydrogen-bond acceptors (Lipinski definition) is 3. The minimum Gasteiger partial charge on any atom is -0.436 e. The first-order valence-corrected chi connectivity index (χ1v) is 7.50. The molecule has 2 aromatic carbocycles. The lowest BCUT2D eigenvalue weighted by molar-refractivity contribution is 0.620. The monoisotopic (exact) mass is 286 g/mol. The Morgan fingerprint density at radius 1 is 1.00 bits per heavy atom. The van der Waals surface area contributed by atoms with Crippen LogP contribution in [0.1, 0.15) is 11.5 Å². The van der Waals surface area contributed by atoms with E-state index < -0.39 is 0 Å². The molecule has 3 heteroatoms. The van der Waals surface area contributed by atoms with Crippen LogP contribution in [0.4, 0.5) is 5.69 Å². The Morgan fingerprint density at radius 2 is 1.86 bits per heavy atom. The van der Waals surface area contributed by atoms with Gasteiger partial charge in [-0.2, -0.15) is 0 Å². The van der Waals surface area contributed by atoms with Crippen molar-refractivity contribution in [3.05, 3.63) is 72.3 Å². The van der Waals surface area contributed by atoms with Gasteiger partial charge in [0, 0.05) is 23.2 Å². The SMILES string of the molecule is C1=CC2Nc3cc4oc(-c5ccccc5)nc4cc3C2C=C1. The van der Waals surface area contributed by atoms with Crippen LogP contribution in [0.15, 0.2) is 71.2 Å². The molecule has 2 atom stereocenters. The molecule has 2 unspecified atom stereocenters. The number of anilines is 1. The zero-order chi connectivity index (χ0) is 14.5. The summed E-state index contributed by atoms with van der Waals surface area (Å²) in [6, 6.07) is 14.6. The smallest absolute Gasteiger partial charge is 0.227 e. The highest BCUT2D eigenvalue weighted by atomic mass is 16.3. The summed E-state index contributed by atoms with van der Waals surface area (Å²) >= 11 is 0. The van der Waals surface area contributed by atoms with Crippen molar-refractivity contribution in [1.82, 2.24) is 4.98 Å². The van der Waals surface area contributed by atoms with Gasteiger partial charge in [-0.05, 0) is 23.8 Å². The molecule has 2 aliphatic rings. The van der Waals surface area contributed by atoms with E-state index in [9.17, 15) is 0 Å². The topological polar surface area (TPSA) is 38.1 Å². The van der Waals surface area contributed by atoms with Gasteiger partial charge < -0.3 is 9.73 Å². The van der Waals surface area contributed by atoms with Crippen LogP contribution in [0.2, 0.25) is 0 Å². The van der Waals surface area contributed by atoms with Crippen molar-refractivity contribution in [3.63, 3.8) is 0 Å². The Balaban J connectivity index is 1.65. The maximum absolute atomic E-state index is 5.95. The molecule has 0 fully saturated rings. The average Bonchev–Trinajstić information content (AvgIpc) is 3.14. The molecular weight excluding hydrogens is 272 g/mol. The van der Waals surface area contributed by atoms with Crippen LogP contribution in [-0.4, -0.2) is 11.0 Å². The van der Waals surface area contributed by atoms with Gasteiger partial charge in [0.05, 0.1) is 6.04 Å². The highest BCUT2D eigenvalue weighted by Crippen LogP contribution is 2.41. The van der Waals surface area contributed by atoms with E-state index in [1.54, 1.807) is 0 Å². The van der Waals surface area contributed by atoms with E-state index in [1.807, 2.05) is 30.3 Å². The van der Waals surface area contributed by atoms with Crippen molar-refractivity contribution < 1.29 is 4.42 Å². The highest BCUT2D eigenvalue weighted by Gasteiger charge is 2.30. The molecule has 3 aromatic rings. The quantitative estimate of drug-likeness (QED) is 0.716. The van der Waals surface area contributed by atoms with Gasteiger partial charge in [-0.25, -0.2) is 4.98 Å². The lowest BCUT2D eigenvalue weighted by atomic mass is 9.91. The van der Waals surface area contributed by atoms with Gasteiger partial charge in [-0.3, -0.25) is 0 Å². The van der Waals surface area contributed by atoms with Crippen molar-refractivity contribution in [3.8, 4) is 11.5 Å². The molecule has 5 rings (SSSR count). The molecule has 0 bridgehead atoms. The Kier molecular flexibility index (Phi) is 2.33. The zero-order valence-electron chi connectivity index (χ0n) is 11.9. The van der Waals surface area contributed by atoms with Crippen molar-refractivity contribution in [2.24, 2.45) is 0 Å². The lowest BCUT2D eigenvalue weighted by Gasteiger charge is -2.15. The highest BCUT2D eigenvalue weighted by molar-refractivity contribution is 5.84. The standard InChI is InChI=1S/C19H14N2O/c1-2-6-12(7-3-1)19-21-17-10-14-13-8-4-5-9-15(13)20-16(14)11-18(17)22-19/h1-11,13,15,20H. The first-order valence-electron chi connectivity index (χ1n) is 7.50. The zero-order valence-corrected chi connectivity index (χ0v) is 11.9. The van der Waals surface area contributed by atoms with Crippen LogP contribution < -0.4 is 5.32 Å². The number of oxazole rings is 1. The number of aromatic nitrogens is 1. The average molecular weight is 286 g/mol. The molecular formula is C19H14N2O. The third-order valence-corrected chi connectivity index (χ3v) is 4.40. The molecule has 1 aliphatic carbocycles. The van der Waals surface area contributed by atoms with Crippen LogP contribution in [0.3, 0.4) is 0 Å². The number of fused-ring (bicyclic) bond motifs is 4. The second-order valence-corrected chi connectivity index (χ2v) is 5.76. The van der Waals surface area contributed by atoms with E-state index in [4.69, 9.17) is 4.42 Å². The second kappa shape index (κ2) is 4.34. The van der Waals surface area contributed by atoms with Gasteiger partial charge in [0.1, 0.15) is 5.52 Å². The van der Waals surface area contributed by atoms with E-state index in [0.29, 0.717) is 17.9 Å². The molecule has 1 aliphatic heterocycles. The first kappa shape index (κ1) is 11.8. The van der Waals surface area contributed by atoms with Crippen LogP contribution in [0.5, 0.6) is 0 Å². The number of rotatable bonds is 1. The third-order valence-electron chi connectivity index (χ3n) is 4.40. The normalized spacial score (nSPS) is 21.6. The summed E-state index contributed by atoms with van der Waals surface area (Å²) in [5.41, 5.74) is 5.20. The van der Waals surface area contributed by atoms with Crippen molar-refractivity contribution >= 4 is 16.8 Å². The number of hydrogen-bond donors (Lipinski definition) is 1. The van der Waals surface area contributed by atoms with Gasteiger partial charge in [-0.1, -0.05) is 42.5 Å². The van der Waals surface area contributed by atoms with Crippen LogP contribution >= 0.6 is 0 Å². The molecule has 0 saturated heterocycles. The van der Waals surface area contributed by atoms with E-state index in [-0.39, 0.29) is 0 Å². The van der Waals surface area contributed by atoms with Gasteiger partial charge in [0.25, 0.3) is 0 Å². The molecule has 0 saturated carbocycles. The van der Waals surface area contributed by atoms with Gasteiger partial charge in [-0.15, -0.1) is 0 Å². The molecule has 1 N–H and O–H groups in total. The van der Waals surface area contributed by atoms with Crippen molar-refractivity contribution in [2.75, 3.05) is 5.32 Å². The lowest BCUT2D eigenvalue weighted by Crippen LogP contribution is -2.17.